The van der Waals surface area contributed by atoms with Gasteiger partial charge in [-0.3, -0.25) is 14.3 Å². The molecule has 0 spiro atoms. The molecular formula is C30H30Cl3N5O. The van der Waals surface area contributed by atoms with Gasteiger partial charge in [-0.05, 0) is 44.2 Å². The van der Waals surface area contributed by atoms with Gasteiger partial charge in [-0.1, -0.05) is 83.3 Å². The number of anilines is 1. The molecule has 1 aliphatic heterocycles. The second kappa shape index (κ2) is 12.4. The number of carbonyl (C=O) groups excluding carboxylic acids is 1. The number of hydrogen-bond donors (Lipinski definition) is 1. The third-order valence-electron chi connectivity index (χ3n) is 7.03. The monoisotopic (exact) mass is 581 g/mol. The van der Waals surface area contributed by atoms with Gasteiger partial charge in [-0.15, -0.1) is 0 Å². The zero-order valence-corrected chi connectivity index (χ0v) is 24.0. The Labute approximate surface area is 244 Å². The Hall–Kier alpha value is -3.03. The van der Waals surface area contributed by atoms with E-state index in [4.69, 9.17) is 39.8 Å². The number of piperazine rings is 1. The van der Waals surface area contributed by atoms with Crippen LogP contribution >= 0.6 is 34.8 Å². The first-order chi connectivity index (χ1) is 18.9. The molecule has 0 unspecified atom stereocenters. The number of carbonyl (C=O) groups is 1. The van der Waals surface area contributed by atoms with E-state index in [2.05, 4.69) is 15.1 Å². The zero-order chi connectivity index (χ0) is 27.4. The Morgan fingerprint density at radius 2 is 1.51 bits per heavy atom. The zero-order valence-electron chi connectivity index (χ0n) is 21.7. The van der Waals surface area contributed by atoms with Crippen LogP contribution in [0.15, 0.2) is 72.8 Å². The first kappa shape index (κ1) is 27.5. The molecule has 1 N–H and O–H groups in total. The Bertz CT molecular complexity index is 1450. The Morgan fingerprint density at radius 1 is 0.846 bits per heavy atom. The fraction of sp³-hybridized carbons (Fsp3) is 0.267. The number of halogens is 3. The normalized spacial score (nSPS) is 14.0. The van der Waals surface area contributed by atoms with Crippen molar-refractivity contribution in [2.24, 2.45) is 0 Å². The molecule has 0 radical (unpaired) electrons. The summed E-state index contributed by atoms with van der Waals surface area (Å²) < 4.78 is 1.96. The number of hydrogen-bond acceptors (Lipinski definition) is 4. The lowest BCUT2D eigenvalue weighted by molar-refractivity contribution is 0.0946. The van der Waals surface area contributed by atoms with Crippen LogP contribution in [-0.4, -0.2) is 59.6 Å². The summed E-state index contributed by atoms with van der Waals surface area (Å²) in [4.78, 5) is 22.7. The van der Waals surface area contributed by atoms with Crippen molar-refractivity contribution < 1.29 is 4.79 Å². The van der Waals surface area contributed by atoms with Crippen molar-refractivity contribution >= 4 is 46.4 Å². The van der Waals surface area contributed by atoms with Crippen LogP contribution in [0.2, 0.25) is 15.1 Å². The van der Waals surface area contributed by atoms with Gasteiger partial charge in [-0.2, -0.15) is 0 Å². The van der Waals surface area contributed by atoms with E-state index in [-0.39, 0.29) is 5.91 Å². The van der Waals surface area contributed by atoms with Crippen molar-refractivity contribution in [3.05, 3.63) is 99.3 Å². The van der Waals surface area contributed by atoms with E-state index < -0.39 is 0 Å². The summed E-state index contributed by atoms with van der Waals surface area (Å²) in [6.45, 7) is 7.00. The second-order valence-electron chi connectivity index (χ2n) is 9.53. The number of amides is 1. The van der Waals surface area contributed by atoms with E-state index in [9.17, 15) is 4.79 Å². The van der Waals surface area contributed by atoms with E-state index in [0.29, 0.717) is 33.1 Å². The van der Waals surface area contributed by atoms with E-state index in [1.54, 1.807) is 0 Å². The maximum atomic E-state index is 13.2. The Morgan fingerprint density at radius 3 is 2.26 bits per heavy atom. The molecule has 2 heterocycles. The van der Waals surface area contributed by atoms with Gasteiger partial charge >= 0.3 is 0 Å². The first-order valence-corrected chi connectivity index (χ1v) is 14.2. The van der Waals surface area contributed by atoms with Crippen molar-refractivity contribution in [1.82, 2.24) is 19.8 Å². The molecule has 0 saturated carbocycles. The number of imidazole rings is 1. The third-order valence-corrected chi connectivity index (χ3v) is 8.16. The maximum Gasteiger partial charge on any atom is 0.271 e. The molecule has 1 amide bonds. The number of nitrogens with one attached hydrogen (secondary N) is 1. The van der Waals surface area contributed by atoms with E-state index in [1.165, 1.54) is 0 Å². The molecule has 1 saturated heterocycles. The summed E-state index contributed by atoms with van der Waals surface area (Å²) in [5, 5.41) is 4.85. The van der Waals surface area contributed by atoms with Crippen molar-refractivity contribution in [1.29, 1.82) is 0 Å². The molecule has 1 aliphatic rings. The number of benzene rings is 3. The highest BCUT2D eigenvalue weighted by Crippen LogP contribution is 2.33. The molecular weight excluding hydrogens is 553 g/mol. The fourth-order valence-electron chi connectivity index (χ4n) is 4.96. The molecule has 5 rings (SSSR count). The topological polar surface area (TPSA) is 53.4 Å². The van der Waals surface area contributed by atoms with Crippen LogP contribution in [0.3, 0.4) is 0 Å². The molecule has 0 atom stereocenters. The van der Waals surface area contributed by atoms with Gasteiger partial charge in [0.15, 0.2) is 0 Å². The van der Waals surface area contributed by atoms with E-state index >= 15 is 0 Å². The van der Waals surface area contributed by atoms with Crippen LogP contribution in [0.1, 0.15) is 22.6 Å². The molecule has 0 aliphatic carbocycles. The SMILES string of the molecule is Cc1c(C(=O)NCCCN2CCN(c3cccc(Cl)c3Cl)CC2)nc(-c2ccccc2)n1-c1ccccc1Cl. The van der Waals surface area contributed by atoms with Gasteiger partial charge < -0.3 is 10.2 Å². The summed E-state index contributed by atoms with van der Waals surface area (Å²) >= 11 is 19.1. The maximum absolute atomic E-state index is 13.2. The lowest BCUT2D eigenvalue weighted by Crippen LogP contribution is -2.47. The molecule has 6 nitrogen and oxygen atoms in total. The summed E-state index contributed by atoms with van der Waals surface area (Å²) in [5.41, 5.74) is 3.84. The van der Waals surface area contributed by atoms with Crippen molar-refractivity contribution in [2.75, 3.05) is 44.2 Å². The molecule has 39 heavy (non-hydrogen) atoms. The van der Waals surface area contributed by atoms with Crippen molar-refractivity contribution in [2.45, 2.75) is 13.3 Å². The average Bonchev–Trinajstić information content (AvgIpc) is 3.30. The number of rotatable bonds is 8. The molecule has 9 heteroatoms. The van der Waals surface area contributed by atoms with Crippen LogP contribution < -0.4 is 10.2 Å². The molecule has 3 aromatic carbocycles. The van der Waals surface area contributed by atoms with Crippen LogP contribution in [0.5, 0.6) is 0 Å². The minimum absolute atomic E-state index is 0.184. The van der Waals surface area contributed by atoms with Gasteiger partial charge in [0.1, 0.15) is 11.5 Å². The van der Waals surface area contributed by atoms with Crippen LogP contribution in [0, 0.1) is 6.92 Å². The fourth-order valence-corrected chi connectivity index (χ4v) is 5.60. The summed E-state index contributed by atoms with van der Waals surface area (Å²) in [7, 11) is 0. The molecule has 1 aromatic heterocycles. The molecule has 4 aromatic rings. The van der Waals surface area contributed by atoms with E-state index in [1.807, 2.05) is 84.3 Å². The molecule has 0 bridgehead atoms. The lowest BCUT2D eigenvalue weighted by Gasteiger charge is -2.36. The van der Waals surface area contributed by atoms with Crippen molar-refractivity contribution in [3.63, 3.8) is 0 Å². The second-order valence-corrected chi connectivity index (χ2v) is 10.7. The quantitative estimate of drug-likeness (QED) is 0.234. The lowest BCUT2D eigenvalue weighted by atomic mass is 10.2. The predicted octanol–water partition coefficient (Wildman–Crippen LogP) is 6.75. The molecule has 1 fully saturated rings. The van der Waals surface area contributed by atoms with Gasteiger partial charge in [0.25, 0.3) is 5.91 Å². The van der Waals surface area contributed by atoms with Crippen LogP contribution in [0.4, 0.5) is 5.69 Å². The summed E-state index contributed by atoms with van der Waals surface area (Å²) in [6, 6.07) is 23.2. The number of para-hydroxylation sites is 1. The average molecular weight is 583 g/mol. The number of nitrogens with zero attached hydrogens (tertiary/aromatic N) is 4. The predicted molar refractivity (Wildman–Crippen MR) is 161 cm³/mol. The van der Waals surface area contributed by atoms with E-state index in [0.717, 1.165) is 61.8 Å². The van der Waals surface area contributed by atoms with Gasteiger partial charge in [-0.25, -0.2) is 4.98 Å². The smallest absolute Gasteiger partial charge is 0.271 e. The van der Waals surface area contributed by atoms with Gasteiger partial charge in [0, 0.05) is 38.3 Å². The Balaban J connectivity index is 1.20. The minimum Gasteiger partial charge on any atom is -0.368 e. The van der Waals surface area contributed by atoms with Gasteiger partial charge in [0.05, 0.1) is 32.1 Å². The summed E-state index contributed by atoms with van der Waals surface area (Å²) in [5.74, 6) is 0.500. The van der Waals surface area contributed by atoms with Crippen molar-refractivity contribution in [3.8, 4) is 17.1 Å². The highest BCUT2D eigenvalue weighted by atomic mass is 35.5. The van der Waals surface area contributed by atoms with Gasteiger partial charge in [0.2, 0.25) is 0 Å². The third kappa shape index (κ3) is 6.10. The largest absolute Gasteiger partial charge is 0.368 e. The molecule has 202 valence electrons. The highest BCUT2D eigenvalue weighted by molar-refractivity contribution is 6.43. The Kier molecular flexibility index (Phi) is 8.78. The highest BCUT2D eigenvalue weighted by Gasteiger charge is 2.23. The van der Waals surface area contributed by atoms with Crippen LogP contribution in [-0.2, 0) is 0 Å². The minimum atomic E-state index is -0.184. The standard InChI is InChI=1S/C30H30Cl3N5O/c1-21-28(35-29(22-9-3-2-4-10-22)38(21)25-13-6-5-11-23(25)31)30(39)34-15-8-16-36-17-19-37(20-18-36)26-14-7-12-24(32)27(26)33/h2-7,9-14H,8,15-20H2,1H3,(H,34,39). The van der Waals surface area contributed by atoms with Crippen LogP contribution in [0.25, 0.3) is 17.1 Å². The number of aromatic nitrogens is 2. The summed E-state index contributed by atoms with van der Waals surface area (Å²) in [6.07, 6.45) is 0.847. The first-order valence-electron chi connectivity index (χ1n) is 13.0.